The largest absolute Gasteiger partial charge is 0.508 e. The highest BCUT2D eigenvalue weighted by molar-refractivity contribution is 5.94. The number of aromatic hydroxyl groups is 1. The van der Waals surface area contributed by atoms with Crippen LogP contribution in [0, 0.1) is 0 Å². The lowest BCUT2D eigenvalue weighted by molar-refractivity contribution is -0.122. The summed E-state index contributed by atoms with van der Waals surface area (Å²) >= 11 is 0. The average molecular weight is 287 g/mol. The zero-order valence-electron chi connectivity index (χ0n) is 11.9. The van der Waals surface area contributed by atoms with Gasteiger partial charge in [0.2, 0.25) is 0 Å². The van der Waals surface area contributed by atoms with Crippen molar-refractivity contribution in [3.63, 3.8) is 0 Å². The van der Waals surface area contributed by atoms with Gasteiger partial charge in [-0.3, -0.25) is 4.79 Å². The second-order valence-electron chi connectivity index (χ2n) is 4.48. The molecule has 0 aliphatic rings. The molecule has 0 saturated carbocycles. The van der Waals surface area contributed by atoms with Gasteiger partial charge in [-0.1, -0.05) is 6.07 Å². The van der Waals surface area contributed by atoms with Crippen molar-refractivity contribution >= 4 is 11.6 Å². The van der Waals surface area contributed by atoms with Gasteiger partial charge in [0.25, 0.3) is 5.91 Å². The van der Waals surface area contributed by atoms with Crippen molar-refractivity contribution in [3.8, 4) is 17.2 Å². The van der Waals surface area contributed by atoms with E-state index in [-0.39, 0.29) is 11.7 Å². The Morgan fingerprint density at radius 1 is 1.14 bits per heavy atom. The van der Waals surface area contributed by atoms with E-state index in [1.165, 1.54) is 12.1 Å². The summed E-state index contributed by atoms with van der Waals surface area (Å²) in [5.74, 6) is 1.10. The number of hydrogen-bond donors (Lipinski definition) is 2. The molecule has 5 heteroatoms. The maximum Gasteiger partial charge on any atom is 0.265 e. The van der Waals surface area contributed by atoms with E-state index in [1.54, 1.807) is 50.4 Å². The predicted molar refractivity (Wildman–Crippen MR) is 79.8 cm³/mol. The molecule has 0 fully saturated rings. The fourth-order valence-electron chi connectivity index (χ4n) is 1.74. The van der Waals surface area contributed by atoms with E-state index in [4.69, 9.17) is 9.47 Å². The predicted octanol–water partition coefficient (Wildman–Crippen LogP) is 2.81. The van der Waals surface area contributed by atoms with Crippen LogP contribution in [0.1, 0.15) is 6.92 Å². The molecule has 1 atom stereocenters. The Bertz CT molecular complexity index is 610. The molecule has 1 amide bonds. The molecule has 21 heavy (non-hydrogen) atoms. The minimum Gasteiger partial charge on any atom is -0.508 e. The lowest BCUT2D eigenvalue weighted by Crippen LogP contribution is -2.30. The molecule has 0 aromatic heterocycles. The number of amides is 1. The highest BCUT2D eigenvalue weighted by Gasteiger charge is 2.15. The molecule has 2 aromatic rings. The fraction of sp³-hybridized carbons (Fsp3) is 0.188. The monoisotopic (exact) mass is 287 g/mol. The van der Waals surface area contributed by atoms with E-state index in [1.807, 2.05) is 0 Å². The number of benzene rings is 2. The molecule has 0 bridgehead atoms. The minimum absolute atomic E-state index is 0.0940. The molecule has 5 nitrogen and oxygen atoms in total. The van der Waals surface area contributed by atoms with E-state index in [0.29, 0.717) is 11.4 Å². The number of phenolic OH excluding ortho intramolecular Hbond substituents is 1. The van der Waals surface area contributed by atoms with Gasteiger partial charge in [-0.25, -0.2) is 0 Å². The average Bonchev–Trinajstić information content (AvgIpc) is 2.48. The van der Waals surface area contributed by atoms with Crippen LogP contribution in [0.5, 0.6) is 17.2 Å². The number of methoxy groups -OCH3 is 1. The summed E-state index contributed by atoms with van der Waals surface area (Å²) in [6, 6.07) is 13.3. The van der Waals surface area contributed by atoms with Crippen molar-refractivity contribution in [2.75, 3.05) is 12.4 Å². The number of hydrogen-bond acceptors (Lipinski definition) is 4. The summed E-state index contributed by atoms with van der Waals surface area (Å²) in [7, 11) is 1.58. The van der Waals surface area contributed by atoms with Crippen molar-refractivity contribution < 1.29 is 19.4 Å². The maximum absolute atomic E-state index is 12.0. The van der Waals surface area contributed by atoms with Crippen LogP contribution < -0.4 is 14.8 Å². The van der Waals surface area contributed by atoms with E-state index in [0.717, 1.165) is 5.75 Å². The number of anilines is 1. The summed E-state index contributed by atoms with van der Waals surface area (Å²) < 4.78 is 10.6. The highest BCUT2D eigenvalue weighted by Crippen LogP contribution is 2.19. The van der Waals surface area contributed by atoms with Gasteiger partial charge in [-0.2, -0.15) is 0 Å². The molecule has 0 saturated heterocycles. The Morgan fingerprint density at radius 2 is 1.81 bits per heavy atom. The van der Waals surface area contributed by atoms with E-state index < -0.39 is 6.10 Å². The van der Waals surface area contributed by atoms with Gasteiger partial charge in [0.15, 0.2) is 6.10 Å². The second kappa shape index (κ2) is 6.65. The van der Waals surface area contributed by atoms with Gasteiger partial charge in [-0.05, 0) is 43.3 Å². The zero-order valence-corrected chi connectivity index (χ0v) is 11.9. The van der Waals surface area contributed by atoms with Gasteiger partial charge < -0.3 is 19.9 Å². The molecule has 0 aliphatic heterocycles. The SMILES string of the molecule is COc1ccc(OC(C)C(=O)Nc2cccc(O)c2)cc1. The smallest absolute Gasteiger partial charge is 0.265 e. The Balaban J connectivity index is 1.95. The number of phenols is 1. The first-order valence-electron chi connectivity index (χ1n) is 6.49. The van der Waals surface area contributed by atoms with Gasteiger partial charge >= 0.3 is 0 Å². The molecule has 0 spiro atoms. The van der Waals surface area contributed by atoms with Crippen LogP contribution in [0.4, 0.5) is 5.69 Å². The molecule has 0 heterocycles. The molecule has 0 radical (unpaired) electrons. The van der Waals surface area contributed by atoms with Crippen LogP contribution in [0.2, 0.25) is 0 Å². The number of carbonyl (C=O) groups is 1. The maximum atomic E-state index is 12.0. The van der Waals surface area contributed by atoms with Gasteiger partial charge in [0.05, 0.1) is 7.11 Å². The molecule has 2 N–H and O–H groups in total. The van der Waals surface area contributed by atoms with E-state index in [2.05, 4.69) is 5.32 Å². The van der Waals surface area contributed by atoms with Crippen LogP contribution in [0.3, 0.4) is 0 Å². The third kappa shape index (κ3) is 4.14. The van der Waals surface area contributed by atoms with Crippen molar-refractivity contribution in [1.29, 1.82) is 0 Å². The highest BCUT2D eigenvalue weighted by atomic mass is 16.5. The first-order valence-corrected chi connectivity index (χ1v) is 6.49. The lowest BCUT2D eigenvalue weighted by atomic mass is 10.2. The third-order valence-electron chi connectivity index (χ3n) is 2.86. The second-order valence-corrected chi connectivity index (χ2v) is 4.48. The normalized spacial score (nSPS) is 11.5. The van der Waals surface area contributed by atoms with Crippen molar-refractivity contribution in [1.82, 2.24) is 0 Å². The molecule has 2 rings (SSSR count). The third-order valence-corrected chi connectivity index (χ3v) is 2.86. The Kier molecular flexibility index (Phi) is 4.66. The first-order chi connectivity index (χ1) is 10.1. The number of rotatable bonds is 5. The first kappa shape index (κ1) is 14.7. The fourth-order valence-corrected chi connectivity index (χ4v) is 1.74. The lowest BCUT2D eigenvalue weighted by Gasteiger charge is -2.15. The molecule has 110 valence electrons. The van der Waals surface area contributed by atoms with Gasteiger partial charge in [0, 0.05) is 11.8 Å². The summed E-state index contributed by atoms with van der Waals surface area (Å²) in [5.41, 5.74) is 0.519. The standard InChI is InChI=1S/C16H17NO4/c1-11(21-15-8-6-14(20-2)7-9-15)16(19)17-12-4-3-5-13(18)10-12/h3-11,18H,1-2H3,(H,17,19). The van der Waals surface area contributed by atoms with Crippen molar-refractivity contribution in [2.45, 2.75) is 13.0 Å². The van der Waals surface area contributed by atoms with Gasteiger partial charge in [-0.15, -0.1) is 0 Å². The van der Waals surface area contributed by atoms with Crippen molar-refractivity contribution in [2.24, 2.45) is 0 Å². The Morgan fingerprint density at radius 3 is 2.43 bits per heavy atom. The molecule has 2 aromatic carbocycles. The van der Waals surface area contributed by atoms with E-state index in [9.17, 15) is 9.90 Å². The number of nitrogens with one attached hydrogen (secondary N) is 1. The summed E-state index contributed by atoms with van der Waals surface area (Å²) in [6.45, 7) is 1.66. The topological polar surface area (TPSA) is 67.8 Å². The molecule has 1 unspecified atom stereocenters. The van der Waals surface area contributed by atoms with E-state index >= 15 is 0 Å². The summed E-state index contributed by atoms with van der Waals surface area (Å²) in [4.78, 5) is 12.0. The number of carbonyl (C=O) groups excluding carboxylic acids is 1. The van der Waals surface area contributed by atoms with Crippen LogP contribution in [-0.4, -0.2) is 24.2 Å². The van der Waals surface area contributed by atoms with Crippen LogP contribution in [0.15, 0.2) is 48.5 Å². The van der Waals surface area contributed by atoms with Crippen LogP contribution in [-0.2, 0) is 4.79 Å². The minimum atomic E-state index is -0.666. The molecule has 0 aliphatic carbocycles. The summed E-state index contributed by atoms with van der Waals surface area (Å²) in [6.07, 6.45) is -0.666. The molecular formula is C16H17NO4. The quantitative estimate of drug-likeness (QED) is 0.887. The van der Waals surface area contributed by atoms with Crippen LogP contribution in [0.25, 0.3) is 0 Å². The zero-order chi connectivity index (χ0) is 15.2. The Hall–Kier alpha value is -2.69. The van der Waals surface area contributed by atoms with Crippen LogP contribution >= 0.6 is 0 Å². The Labute approximate surface area is 123 Å². The van der Waals surface area contributed by atoms with Gasteiger partial charge in [0.1, 0.15) is 17.2 Å². The number of ether oxygens (including phenoxy) is 2. The van der Waals surface area contributed by atoms with Crippen molar-refractivity contribution in [3.05, 3.63) is 48.5 Å². The summed E-state index contributed by atoms with van der Waals surface area (Å²) in [5, 5.41) is 12.0. The molecular weight excluding hydrogens is 270 g/mol.